The van der Waals surface area contributed by atoms with Crippen molar-refractivity contribution in [2.24, 2.45) is 0 Å². The Balaban J connectivity index is 2.84. The minimum atomic E-state index is -4.08. The summed E-state index contributed by atoms with van der Waals surface area (Å²) in [7, 11) is -4.22. The third kappa shape index (κ3) is 4.83. The van der Waals surface area contributed by atoms with Gasteiger partial charge in [-0.05, 0) is 12.1 Å². The topological polar surface area (TPSA) is 46.2 Å². The van der Waals surface area contributed by atoms with Crippen molar-refractivity contribution >= 4 is 71.9 Å². The van der Waals surface area contributed by atoms with Crippen LogP contribution >= 0.6 is 57.2 Å². The van der Waals surface area contributed by atoms with Crippen LogP contribution < -0.4 is 4.72 Å². The van der Waals surface area contributed by atoms with E-state index in [4.69, 9.17) is 46.4 Å². The summed E-state index contributed by atoms with van der Waals surface area (Å²) in [5, 5.41) is 0. The van der Waals surface area contributed by atoms with Crippen molar-refractivity contribution < 1.29 is 12.8 Å². The summed E-state index contributed by atoms with van der Waals surface area (Å²) in [6, 6.07) is 7.90. The van der Waals surface area contributed by atoms with E-state index in [1.807, 2.05) is 0 Å². The molecule has 1 aromatic rings. The average Bonchev–Trinajstić information content (AvgIpc) is 2.14. The van der Waals surface area contributed by atoms with Crippen LogP contribution in [0.1, 0.15) is 0 Å². The second kappa shape index (κ2) is 5.81. The Kier molecular flexibility index (Phi) is 5.31. The fourth-order valence-corrected chi connectivity index (χ4v) is 5.28. The lowest BCUT2D eigenvalue weighted by Gasteiger charge is -2.24. The summed E-state index contributed by atoms with van der Waals surface area (Å²) >= 11 is 21.0. The highest BCUT2D eigenvalue weighted by Gasteiger charge is 2.52. The first kappa shape index (κ1) is 16.5. The van der Waals surface area contributed by atoms with Crippen LogP contribution in [0.4, 0.5) is 10.1 Å². The molecule has 3 nitrogen and oxygen atoms in total. The van der Waals surface area contributed by atoms with Crippen molar-refractivity contribution in [3.8, 4) is 0 Å². The van der Waals surface area contributed by atoms with Crippen LogP contribution in [0.25, 0.3) is 0 Å². The van der Waals surface area contributed by atoms with Crippen molar-refractivity contribution in [3.05, 3.63) is 30.3 Å². The lowest BCUT2D eigenvalue weighted by atomic mass is 10.3. The van der Waals surface area contributed by atoms with Crippen LogP contribution in [-0.2, 0) is 9.06 Å². The van der Waals surface area contributed by atoms with Crippen LogP contribution in [0.5, 0.6) is 0 Å². The molecule has 1 aromatic carbocycles. The van der Waals surface area contributed by atoms with Gasteiger partial charge in [0, 0.05) is 16.5 Å². The maximum atomic E-state index is 13.2. The zero-order valence-corrected chi connectivity index (χ0v) is 13.1. The van der Waals surface area contributed by atoms with E-state index in [0.29, 0.717) is 0 Å². The molecule has 1 N–H and O–H groups in total. The largest absolute Gasteiger partial charge is 0.300 e. The Hall–Kier alpha value is 0.410. The summed E-state index contributed by atoms with van der Waals surface area (Å²) in [6.45, 7) is 0. The molecule has 0 aromatic heterocycles. The molecule has 0 amide bonds. The molecule has 0 atom stereocenters. The van der Waals surface area contributed by atoms with Gasteiger partial charge in [-0.1, -0.05) is 64.6 Å². The Morgan fingerprint density at radius 2 is 1.61 bits per heavy atom. The van der Waals surface area contributed by atoms with Gasteiger partial charge in [0.25, 0.3) is 9.06 Å². The van der Waals surface area contributed by atoms with E-state index >= 15 is 0 Å². The molecule has 0 saturated heterocycles. The summed E-state index contributed by atoms with van der Waals surface area (Å²) in [4.78, 5) is 0. The monoisotopic (exact) mass is 371 g/mol. The van der Waals surface area contributed by atoms with Gasteiger partial charge in [-0.2, -0.15) is 8.42 Å². The minimum Gasteiger partial charge on any atom is -0.275 e. The fourth-order valence-electron chi connectivity index (χ4n) is 0.856. The summed E-state index contributed by atoms with van der Waals surface area (Å²) < 4.78 is 32.9. The van der Waals surface area contributed by atoms with Gasteiger partial charge in [-0.25, -0.2) is 4.39 Å². The molecule has 0 bridgehead atoms. The number of hydrogen-bond donors (Lipinski definition) is 1. The fraction of sp³-hybridized carbons (Fsp3) is 0.250. The molecule has 0 radical (unpaired) electrons. The maximum absolute atomic E-state index is 13.2. The summed E-state index contributed by atoms with van der Waals surface area (Å²) in [5.74, 6) is 0. The number of para-hydroxylation sites is 1. The Labute approximate surface area is 127 Å². The molecular weight excluding hydrogens is 367 g/mol. The minimum absolute atomic E-state index is 0.141. The molecule has 0 aliphatic carbocycles. The van der Waals surface area contributed by atoms with Gasteiger partial charge >= 0.3 is 4.59 Å². The molecule has 10 heteroatoms. The lowest BCUT2D eigenvalue weighted by molar-refractivity contribution is 0.401. The SMILES string of the molecule is O=S(=O)(Nc1ccccc1)SC(Cl)(Cl)C(F)(Cl)Cl. The first-order valence-electron chi connectivity index (χ1n) is 4.26. The number of halogens is 5. The number of nitrogens with one attached hydrogen (secondary N) is 1. The smallest absolute Gasteiger partial charge is 0.275 e. The van der Waals surface area contributed by atoms with Gasteiger partial charge in [0.2, 0.25) is 3.67 Å². The van der Waals surface area contributed by atoms with Gasteiger partial charge in [-0.15, -0.1) is 0 Å². The molecule has 102 valence electrons. The molecule has 18 heavy (non-hydrogen) atoms. The standard InChI is InChI=1S/C8H6Cl4FNO2S2/c9-7(10,13)8(11,12)17-18(15,16)14-6-4-2-1-3-5-6/h1-5,14H. The normalized spacial score (nSPS) is 13.4. The van der Waals surface area contributed by atoms with Gasteiger partial charge in [0.05, 0.1) is 0 Å². The van der Waals surface area contributed by atoms with Crippen molar-refractivity contribution in [2.75, 3.05) is 4.72 Å². The molecule has 0 aliphatic rings. The van der Waals surface area contributed by atoms with Crippen LogP contribution in [-0.4, -0.2) is 16.7 Å². The molecule has 0 saturated carbocycles. The molecule has 0 unspecified atom stereocenters. The number of alkyl halides is 5. The van der Waals surface area contributed by atoms with Crippen LogP contribution in [0.3, 0.4) is 0 Å². The third-order valence-electron chi connectivity index (χ3n) is 1.56. The quantitative estimate of drug-likeness (QED) is 0.618. The summed E-state index contributed by atoms with van der Waals surface area (Å²) in [5.41, 5.74) is 0.266. The van der Waals surface area contributed by atoms with Gasteiger partial charge in [0.15, 0.2) is 0 Å². The van der Waals surface area contributed by atoms with Crippen molar-refractivity contribution in [2.45, 2.75) is 8.25 Å². The summed E-state index contributed by atoms with van der Waals surface area (Å²) in [6.07, 6.45) is 0. The molecule has 0 spiro atoms. The van der Waals surface area contributed by atoms with E-state index in [2.05, 4.69) is 4.72 Å². The van der Waals surface area contributed by atoms with Crippen LogP contribution in [0, 0.1) is 0 Å². The van der Waals surface area contributed by atoms with Gasteiger partial charge in [0.1, 0.15) is 0 Å². The number of rotatable bonds is 5. The number of benzene rings is 1. The second-order valence-electron chi connectivity index (χ2n) is 3.02. The highest BCUT2D eigenvalue weighted by Crippen LogP contribution is 2.53. The predicted molar refractivity (Wildman–Crippen MR) is 76.6 cm³/mol. The Bertz CT molecular complexity index is 504. The third-order valence-corrected chi connectivity index (χ3v) is 7.13. The first-order valence-corrected chi connectivity index (χ1v) is 8.59. The predicted octanol–water partition coefficient (Wildman–Crippen LogP) is 4.31. The molecule has 0 aliphatic heterocycles. The molecule has 0 heterocycles. The zero-order valence-electron chi connectivity index (χ0n) is 8.41. The van der Waals surface area contributed by atoms with Crippen molar-refractivity contribution in [1.29, 1.82) is 0 Å². The second-order valence-corrected chi connectivity index (χ2v) is 9.74. The lowest BCUT2D eigenvalue weighted by Crippen LogP contribution is -2.31. The zero-order chi connectivity index (χ0) is 14.0. The van der Waals surface area contributed by atoms with E-state index in [9.17, 15) is 12.8 Å². The van der Waals surface area contributed by atoms with Crippen molar-refractivity contribution in [3.63, 3.8) is 0 Å². The van der Waals surface area contributed by atoms with E-state index in [-0.39, 0.29) is 16.5 Å². The van der Waals surface area contributed by atoms with Crippen LogP contribution in [0.15, 0.2) is 30.3 Å². The Morgan fingerprint density at radius 1 is 1.11 bits per heavy atom. The van der Waals surface area contributed by atoms with E-state index in [1.54, 1.807) is 18.2 Å². The van der Waals surface area contributed by atoms with Gasteiger partial charge in [-0.3, -0.25) is 4.72 Å². The van der Waals surface area contributed by atoms with Crippen LogP contribution in [0.2, 0.25) is 0 Å². The van der Waals surface area contributed by atoms with Crippen molar-refractivity contribution in [1.82, 2.24) is 0 Å². The Morgan fingerprint density at radius 3 is 2.06 bits per heavy atom. The molecular formula is C8H6Cl4FNO2S2. The molecule has 1 rings (SSSR count). The highest BCUT2D eigenvalue weighted by atomic mass is 35.5. The van der Waals surface area contributed by atoms with E-state index < -0.39 is 17.3 Å². The maximum Gasteiger partial charge on any atom is 0.300 e. The average molecular weight is 373 g/mol. The van der Waals surface area contributed by atoms with E-state index in [0.717, 1.165) is 0 Å². The number of anilines is 1. The van der Waals surface area contributed by atoms with E-state index in [1.165, 1.54) is 12.1 Å². The van der Waals surface area contributed by atoms with Gasteiger partial charge < -0.3 is 0 Å². The highest BCUT2D eigenvalue weighted by molar-refractivity contribution is 8.73. The molecule has 0 fully saturated rings. The first-order chi connectivity index (χ1) is 8.04. The number of hydrogen-bond acceptors (Lipinski definition) is 3.